The molecule has 1 saturated heterocycles. The van der Waals surface area contributed by atoms with Crippen LogP contribution < -0.4 is 9.47 Å². The molecule has 1 atom stereocenters. The highest BCUT2D eigenvalue weighted by atomic mass is 16.6. The Morgan fingerprint density at radius 2 is 2.12 bits per heavy atom. The normalized spacial score (nSPS) is 23.4. The molecule has 0 saturated carbocycles. The minimum atomic E-state index is -0.961. The third kappa shape index (κ3) is 3.29. The number of nitrogens with zero attached hydrogens (tertiary/aromatic N) is 4. The van der Waals surface area contributed by atoms with Crippen LogP contribution >= 0.6 is 0 Å². The first-order chi connectivity index (χ1) is 12.5. The molecule has 2 aliphatic heterocycles. The van der Waals surface area contributed by atoms with E-state index in [0.29, 0.717) is 38.4 Å². The van der Waals surface area contributed by atoms with E-state index in [9.17, 15) is 5.11 Å². The summed E-state index contributed by atoms with van der Waals surface area (Å²) in [5.74, 6) is 1.64. The molecule has 1 unspecified atom stereocenters. The number of hydrogen-bond acceptors (Lipinski definition) is 6. The van der Waals surface area contributed by atoms with Gasteiger partial charge in [0.1, 0.15) is 24.5 Å². The van der Waals surface area contributed by atoms with E-state index in [-0.39, 0.29) is 6.04 Å². The van der Waals surface area contributed by atoms with Crippen molar-refractivity contribution in [1.82, 2.24) is 19.9 Å². The fraction of sp³-hybridized carbons (Fsp3) is 0.579. The summed E-state index contributed by atoms with van der Waals surface area (Å²) in [7, 11) is 0. The number of benzene rings is 1. The van der Waals surface area contributed by atoms with Crippen molar-refractivity contribution in [2.24, 2.45) is 0 Å². The Bertz CT molecular complexity index is 776. The van der Waals surface area contributed by atoms with Crippen LogP contribution in [-0.4, -0.2) is 51.3 Å². The lowest BCUT2D eigenvalue weighted by Crippen LogP contribution is -2.46. The molecule has 0 spiro atoms. The molecule has 1 N–H and O–H groups in total. The molecule has 0 bridgehead atoms. The van der Waals surface area contributed by atoms with Gasteiger partial charge in [-0.05, 0) is 39.3 Å². The zero-order valence-corrected chi connectivity index (χ0v) is 15.4. The maximum absolute atomic E-state index is 11.2. The molecule has 1 fully saturated rings. The Morgan fingerprint density at radius 1 is 1.27 bits per heavy atom. The third-order valence-electron chi connectivity index (χ3n) is 5.11. The number of aliphatic hydroxyl groups is 1. The molecular weight excluding hydrogens is 332 g/mol. The Hall–Kier alpha value is -2.12. The molecule has 0 aliphatic carbocycles. The van der Waals surface area contributed by atoms with Crippen LogP contribution in [0.3, 0.4) is 0 Å². The van der Waals surface area contributed by atoms with E-state index in [1.54, 1.807) is 4.68 Å². The van der Waals surface area contributed by atoms with Crippen molar-refractivity contribution >= 4 is 0 Å². The van der Waals surface area contributed by atoms with Crippen molar-refractivity contribution < 1.29 is 14.6 Å². The molecule has 140 valence electrons. The summed E-state index contributed by atoms with van der Waals surface area (Å²) in [4.78, 5) is 2.26. The third-order valence-corrected chi connectivity index (χ3v) is 5.11. The average Bonchev–Trinajstić information content (AvgIpc) is 3.14. The number of likely N-dealkylation sites (tertiary alicyclic amines) is 1. The van der Waals surface area contributed by atoms with Gasteiger partial charge in [-0.2, -0.15) is 0 Å². The van der Waals surface area contributed by atoms with Gasteiger partial charge in [0.2, 0.25) is 0 Å². The van der Waals surface area contributed by atoms with Crippen molar-refractivity contribution in [3.63, 3.8) is 0 Å². The summed E-state index contributed by atoms with van der Waals surface area (Å²) in [6.07, 6.45) is 3.49. The zero-order valence-electron chi connectivity index (χ0n) is 15.4. The highest BCUT2D eigenvalue weighted by Crippen LogP contribution is 2.36. The summed E-state index contributed by atoms with van der Waals surface area (Å²) < 4.78 is 13.3. The molecule has 7 nitrogen and oxygen atoms in total. The average molecular weight is 358 g/mol. The number of piperidine rings is 1. The van der Waals surface area contributed by atoms with Crippen molar-refractivity contribution in [3.8, 4) is 11.5 Å². The monoisotopic (exact) mass is 358 g/mol. The molecule has 1 aromatic heterocycles. The Balaban J connectivity index is 1.52. The number of aromatic nitrogens is 3. The first-order valence-corrected chi connectivity index (χ1v) is 9.30. The molecule has 2 aliphatic rings. The van der Waals surface area contributed by atoms with E-state index in [1.165, 1.54) is 0 Å². The first kappa shape index (κ1) is 17.3. The molecule has 26 heavy (non-hydrogen) atoms. The van der Waals surface area contributed by atoms with Gasteiger partial charge >= 0.3 is 0 Å². The Kier molecular flexibility index (Phi) is 4.58. The maximum Gasteiger partial charge on any atom is 0.165 e. The summed E-state index contributed by atoms with van der Waals surface area (Å²) in [6.45, 7) is 7.46. The summed E-state index contributed by atoms with van der Waals surface area (Å²) in [5, 5.41) is 19.6. The van der Waals surface area contributed by atoms with Gasteiger partial charge in [-0.1, -0.05) is 17.3 Å². The van der Waals surface area contributed by atoms with Gasteiger partial charge in [-0.3, -0.25) is 4.90 Å². The SMILES string of the molecule is CC(C)n1cc(C2(O)CCCN(Cc3cccc4c3OCCO4)C2)nn1. The number of fused-ring (bicyclic) bond motifs is 1. The van der Waals surface area contributed by atoms with Gasteiger partial charge in [0.05, 0.1) is 6.20 Å². The van der Waals surface area contributed by atoms with E-state index in [2.05, 4.69) is 35.1 Å². The van der Waals surface area contributed by atoms with E-state index in [0.717, 1.165) is 30.0 Å². The predicted molar refractivity (Wildman–Crippen MR) is 96.2 cm³/mol. The van der Waals surface area contributed by atoms with E-state index < -0.39 is 5.60 Å². The smallest absolute Gasteiger partial charge is 0.165 e. The topological polar surface area (TPSA) is 72.6 Å². The van der Waals surface area contributed by atoms with Gasteiger partial charge in [0.25, 0.3) is 0 Å². The Morgan fingerprint density at radius 3 is 2.92 bits per heavy atom. The van der Waals surface area contributed by atoms with Crippen LogP contribution in [0.1, 0.15) is 44.0 Å². The molecule has 0 radical (unpaired) electrons. The number of para-hydroxylation sites is 1. The van der Waals surface area contributed by atoms with Gasteiger partial charge in [0, 0.05) is 24.7 Å². The number of β-amino-alcohol motifs (C(OH)–C–C–N with tert-alkyl or cyclic N) is 1. The van der Waals surface area contributed by atoms with Crippen molar-refractivity contribution in [2.45, 2.75) is 44.9 Å². The fourth-order valence-electron chi connectivity index (χ4n) is 3.71. The van der Waals surface area contributed by atoms with Crippen molar-refractivity contribution in [3.05, 3.63) is 35.7 Å². The lowest BCUT2D eigenvalue weighted by atomic mass is 9.89. The molecule has 2 aromatic rings. The minimum absolute atomic E-state index is 0.229. The second-order valence-corrected chi connectivity index (χ2v) is 7.46. The number of rotatable bonds is 4. The van der Waals surface area contributed by atoms with Crippen LogP contribution in [0.4, 0.5) is 0 Å². The van der Waals surface area contributed by atoms with E-state index >= 15 is 0 Å². The maximum atomic E-state index is 11.2. The first-order valence-electron chi connectivity index (χ1n) is 9.30. The molecule has 0 amide bonds. The largest absolute Gasteiger partial charge is 0.486 e. The van der Waals surface area contributed by atoms with Crippen LogP contribution in [0, 0.1) is 0 Å². The summed E-state index contributed by atoms with van der Waals surface area (Å²) in [5.41, 5.74) is 0.792. The van der Waals surface area contributed by atoms with Gasteiger partial charge in [-0.25, -0.2) is 4.68 Å². The van der Waals surface area contributed by atoms with Crippen molar-refractivity contribution in [1.29, 1.82) is 0 Å². The molecule has 4 rings (SSSR count). The second-order valence-electron chi connectivity index (χ2n) is 7.46. The van der Waals surface area contributed by atoms with Crippen LogP contribution in [0.15, 0.2) is 24.4 Å². The minimum Gasteiger partial charge on any atom is -0.486 e. The fourth-order valence-corrected chi connectivity index (χ4v) is 3.71. The molecule has 1 aromatic carbocycles. The lowest BCUT2D eigenvalue weighted by molar-refractivity contribution is -0.0417. The predicted octanol–water partition coefficient (Wildman–Crippen LogP) is 2.11. The van der Waals surface area contributed by atoms with Crippen LogP contribution in [0.2, 0.25) is 0 Å². The molecule has 7 heteroatoms. The quantitative estimate of drug-likeness (QED) is 0.903. The van der Waals surface area contributed by atoms with Crippen molar-refractivity contribution in [2.75, 3.05) is 26.3 Å². The summed E-state index contributed by atoms with van der Waals surface area (Å²) in [6, 6.07) is 6.23. The van der Waals surface area contributed by atoms with Gasteiger partial charge in [0.15, 0.2) is 11.5 Å². The van der Waals surface area contributed by atoms with Crippen LogP contribution in [0.5, 0.6) is 11.5 Å². The number of hydrogen-bond donors (Lipinski definition) is 1. The molecular formula is C19H26N4O3. The van der Waals surface area contributed by atoms with Crippen LogP contribution in [0.25, 0.3) is 0 Å². The molecule has 3 heterocycles. The zero-order chi connectivity index (χ0) is 18.1. The van der Waals surface area contributed by atoms with E-state index in [4.69, 9.17) is 9.47 Å². The summed E-state index contributed by atoms with van der Waals surface area (Å²) >= 11 is 0. The van der Waals surface area contributed by atoms with Gasteiger partial charge < -0.3 is 14.6 Å². The highest BCUT2D eigenvalue weighted by molar-refractivity contribution is 5.47. The lowest BCUT2D eigenvalue weighted by Gasteiger charge is -2.38. The van der Waals surface area contributed by atoms with E-state index in [1.807, 2.05) is 18.3 Å². The number of ether oxygens (including phenoxy) is 2. The standard InChI is InChI=1S/C19H26N4O3/c1-14(2)23-12-17(20-21-23)19(24)7-4-8-22(13-19)11-15-5-3-6-16-18(15)26-10-9-25-16/h3,5-6,12,14,24H,4,7-11,13H2,1-2H3. The van der Waals surface area contributed by atoms with Crippen LogP contribution in [-0.2, 0) is 12.1 Å². The Labute approximate surface area is 153 Å². The highest BCUT2D eigenvalue weighted by Gasteiger charge is 2.38. The van der Waals surface area contributed by atoms with Gasteiger partial charge in [-0.15, -0.1) is 5.10 Å². The second kappa shape index (κ2) is 6.89.